The van der Waals surface area contributed by atoms with Crippen LogP contribution < -0.4 is 9.47 Å². The molecule has 32 heavy (non-hydrogen) atoms. The molecule has 0 radical (unpaired) electrons. The minimum absolute atomic E-state index is 0.270. The third-order valence-corrected chi connectivity index (χ3v) is 4.98. The molecule has 164 valence electrons. The van der Waals surface area contributed by atoms with Crippen molar-refractivity contribution in [3.63, 3.8) is 0 Å². The molecule has 0 spiro atoms. The van der Waals surface area contributed by atoms with Gasteiger partial charge in [-0.15, -0.1) is 0 Å². The molecule has 3 aromatic heterocycles. The van der Waals surface area contributed by atoms with Gasteiger partial charge in [0.1, 0.15) is 0 Å². The molecular weight excluding hydrogens is 410 g/mol. The van der Waals surface area contributed by atoms with Crippen LogP contribution in [0.15, 0.2) is 55.0 Å². The van der Waals surface area contributed by atoms with E-state index in [9.17, 15) is 4.79 Å². The van der Waals surface area contributed by atoms with Crippen LogP contribution >= 0.6 is 0 Å². The summed E-state index contributed by atoms with van der Waals surface area (Å²) in [5.74, 6) is 0.720. The van der Waals surface area contributed by atoms with Gasteiger partial charge in [0, 0.05) is 24.2 Å². The molecule has 3 heterocycles. The molecule has 1 saturated carbocycles. The average Bonchev–Trinajstić information content (AvgIpc) is 3.59. The first-order chi connectivity index (χ1) is 15.6. The second kappa shape index (κ2) is 9.42. The van der Waals surface area contributed by atoms with E-state index in [0.29, 0.717) is 17.4 Å². The van der Waals surface area contributed by atoms with Gasteiger partial charge < -0.3 is 14.2 Å². The maximum absolute atomic E-state index is 10.8. The fourth-order valence-electron chi connectivity index (χ4n) is 3.24. The van der Waals surface area contributed by atoms with Crippen LogP contribution in [-0.2, 0) is 4.74 Å². The van der Waals surface area contributed by atoms with Gasteiger partial charge in [0.25, 0.3) is 0 Å². The zero-order valence-electron chi connectivity index (χ0n) is 18.1. The summed E-state index contributed by atoms with van der Waals surface area (Å²) in [5, 5.41) is 4.59. The lowest BCUT2D eigenvalue weighted by Gasteiger charge is -2.10. The Kier molecular flexibility index (Phi) is 6.25. The van der Waals surface area contributed by atoms with Gasteiger partial charge in [-0.25, -0.2) is 19.3 Å². The predicted molar refractivity (Wildman–Crippen MR) is 117 cm³/mol. The van der Waals surface area contributed by atoms with Crippen molar-refractivity contribution in [3.8, 4) is 23.1 Å². The van der Waals surface area contributed by atoms with E-state index in [1.54, 1.807) is 48.3 Å². The van der Waals surface area contributed by atoms with Crippen molar-refractivity contribution in [1.29, 1.82) is 0 Å². The Morgan fingerprint density at radius 1 is 1.06 bits per heavy atom. The van der Waals surface area contributed by atoms with Gasteiger partial charge in [-0.2, -0.15) is 10.1 Å². The van der Waals surface area contributed by atoms with Gasteiger partial charge in [0.05, 0.1) is 38.2 Å². The van der Waals surface area contributed by atoms with Crippen LogP contribution in [0.4, 0.5) is 0 Å². The van der Waals surface area contributed by atoms with Crippen molar-refractivity contribution < 1.29 is 19.0 Å². The number of hydrogen-bond donors (Lipinski definition) is 0. The van der Waals surface area contributed by atoms with E-state index in [-0.39, 0.29) is 12.0 Å². The molecule has 0 bridgehead atoms. The van der Waals surface area contributed by atoms with Gasteiger partial charge in [0.2, 0.25) is 5.88 Å². The highest BCUT2D eigenvalue weighted by Crippen LogP contribution is 2.43. The molecule has 0 amide bonds. The molecule has 0 N–H and O–H groups in total. The summed E-state index contributed by atoms with van der Waals surface area (Å²) in [6.45, 7) is 0. The van der Waals surface area contributed by atoms with Crippen LogP contribution in [0.25, 0.3) is 16.9 Å². The Labute approximate surface area is 185 Å². The smallest absolute Gasteiger partial charge is 0.337 e. The summed E-state index contributed by atoms with van der Waals surface area (Å²) in [5.41, 5.74) is 4.23. The van der Waals surface area contributed by atoms with Crippen LogP contribution in [-0.4, -0.2) is 51.9 Å². The molecule has 1 aromatic carbocycles. The Morgan fingerprint density at radius 3 is 2.50 bits per heavy atom. The van der Waals surface area contributed by atoms with Crippen LogP contribution in [0.2, 0.25) is 0 Å². The van der Waals surface area contributed by atoms with E-state index < -0.39 is 0 Å². The van der Waals surface area contributed by atoms with E-state index in [0.717, 1.165) is 16.9 Å². The van der Waals surface area contributed by atoms with Gasteiger partial charge in [-0.1, -0.05) is 18.2 Å². The molecule has 1 aliphatic carbocycles. The lowest BCUT2D eigenvalue weighted by atomic mass is 10.1. The van der Waals surface area contributed by atoms with Gasteiger partial charge >= 0.3 is 12.0 Å². The zero-order valence-corrected chi connectivity index (χ0v) is 18.1. The predicted octanol–water partition coefficient (Wildman–Crippen LogP) is 3.55. The molecule has 1 aliphatic rings. The lowest BCUT2D eigenvalue weighted by Crippen LogP contribution is -2.02. The molecule has 1 fully saturated rings. The van der Waals surface area contributed by atoms with Crippen LogP contribution in [0.3, 0.4) is 0 Å². The number of benzene rings is 1. The maximum Gasteiger partial charge on any atom is 0.337 e. The molecule has 0 unspecified atom stereocenters. The molecule has 9 nitrogen and oxygen atoms in total. The molecular formula is C23H23N5O4. The minimum Gasteiger partial charge on any atom is -0.480 e. The first-order valence-electron chi connectivity index (χ1n) is 10.1. The minimum atomic E-state index is -0.291. The topological polar surface area (TPSA) is 101 Å². The van der Waals surface area contributed by atoms with Crippen LogP contribution in [0, 0.1) is 0 Å². The van der Waals surface area contributed by atoms with Crippen molar-refractivity contribution in [3.05, 3.63) is 66.1 Å². The highest BCUT2D eigenvalue weighted by atomic mass is 16.5. The monoisotopic (exact) mass is 433 g/mol. The van der Waals surface area contributed by atoms with Crippen molar-refractivity contribution in [2.45, 2.75) is 18.8 Å². The third-order valence-electron chi connectivity index (χ3n) is 4.98. The van der Waals surface area contributed by atoms with Gasteiger partial charge in [-0.05, 0) is 37.0 Å². The molecule has 5 rings (SSSR count). The van der Waals surface area contributed by atoms with E-state index in [4.69, 9.17) is 9.47 Å². The third kappa shape index (κ3) is 4.51. The summed E-state index contributed by atoms with van der Waals surface area (Å²) < 4.78 is 16.7. The number of imidazole rings is 1. The standard InChI is InChI=1S/C15H15N5O2.C8H8O2/c1-21-14-11(8-17-15(18-14)22-2)12-7-10(9-3-4-9)13-16-5-6-20(13)19-12;1-10-8(9)7-5-3-2-4-6-7/h5-9H,3-4H2,1-2H3;2-6H,1H3. The number of esters is 1. The van der Waals surface area contributed by atoms with Gasteiger partial charge in [0.15, 0.2) is 5.65 Å². The summed E-state index contributed by atoms with van der Waals surface area (Å²) in [6, 6.07) is 11.2. The van der Waals surface area contributed by atoms with E-state index in [1.807, 2.05) is 12.3 Å². The number of aromatic nitrogens is 5. The molecule has 0 aliphatic heterocycles. The first kappa shape index (κ1) is 21.2. The second-order valence-electron chi connectivity index (χ2n) is 7.09. The number of carbonyl (C=O) groups is 1. The van der Waals surface area contributed by atoms with Crippen LogP contribution in [0.5, 0.6) is 11.9 Å². The fourth-order valence-corrected chi connectivity index (χ4v) is 3.24. The molecule has 4 aromatic rings. The average molecular weight is 433 g/mol. The van der Waals surface area contributed by atoms with Gasteiger partial charge in [-0.3, -0.25) is 0 Å². The zero-order chi connectivity index (χ0) is 22.5. The molecule has 0 saturated heterocycles. The van der Waals surface area contributed by atoms with E-state index in [2.05, 4.69) is 30.9 Å². The largest absolute Gasteiger partial charge is 0.480 e. The van der Waals surface area contributed by atoms with Crippen molar-refractivity contribution in [1.82, 2.24) is 24.6 Å². The van der Waals surface area contributed by atoms with E-state index >= 15 is 0 Å². The number of carbonyl (C=O) groups excluding carboxylic acids is 1. The normalized spacial score (nSPS) is 12.6. The Balaban J connectivity index is 0.000000207. The number of hydrogen-bond acceptors (Lipinski definition) is 8. The molecule has 9 heteroatoms. The Bertz CT molecular complexity index is 1220. The Hall–Kier alpha value is -4.01. The highest BCUT2D eigenvalue weighted by Gasteiger charge is 2.28. The summed E-state index contributed by atoms with van der Waals surface area (Å²) >= 11 is 0. The van der Waals surface area contributed by atoms with Crippen molar-refractivity contribution in [2.75, 3.05) is 21.3 Å². The maximum atomic E-state index is 10.8. The van der Waals surface area contributed by atoms with Crippen LogP contribution in [0.1, 0.15) is 34.7 Å². The first-order valence-corrected chi connectivity index (χ1v) is 10.1. The van der Waals surface area contributed by atoms with E-state index in [1.165, 1.54) is 32.6 Å². The molecule has 0 atom stereocenters. The number of ether oxygens (including phenoxy) is 3. The van der Waals surface area contributed by atoms with Crippen molar-refractivity contribution in [2.24, 2.45) is 0 Å². The summed E-state index contributed by atoms with van der Waals surface area (Å²) in [6.07, 6.45) is 7.68. The summed E-state index contributed by atoms with van der Waals surface area (Å²) in [4.78, 5) is 23.6. The Morgan fingerprint density at radius 2 is 1.84 bits per heavy atom. The lowest BCUT2D eigenvalue weighted by molar-refractivity contribution is 0.0600. The number of fused-ring (bicyclic) bond motifs is 1. The fraction of sp³-hybridized carbons (Fsp3) is 0.261. The SMILES string of the molecule is COC(=O)c1ccccc1.COc1ncc(-c2cc(C3CC3)c3nccn3n2)c(OC)n1. The second-order valence-corrected chi connectivity index (χ2v) is 7.09. The number of rotatable bonds is 5. The quantitative estimate of drug-likeness (QED) is 0.441. The van der Waals surface area contributed by atoms with Crippen molar-refractivity contribution >= 4 is 11.6 Å². The number of methoxy groups -OCH3 is 3. The summed E-state index contributed by atoms with van der Waals surface area (Å²) in [7, 11) is 4.47. The number of nitrogens with zero attached hydrogens (tertiary/aromatic N) is 5. The highest BCUT2D eigenvalue weighted by molar-refractivity contribution is 5.89.